The van der Waals surface area contributed by atoms with E-state index in [1.54, 1.807) is 11.3 Å². The van der Waals surface area contributed by atoms with Crippen molar-refractivity contribution in [3.05, 3.63) is 93.8 Å². The Bertz CT molecular complexity index is 1010. The Morgan fingerprint density at radius 3 is 2.41 bits per heavy atom. The van der Waals surface area contributed by atoms with E-state index in [4.69, 9.17) is 0 Å². The van der Waals surface area contributed by atoms with Gasteiger partial charge in [-0.05, 0) is 41.5 Å². The fraction of sp³-hybridized carbons (Fsp3) is 0.174. The molecule has 0 radical (unpaired) electrons. The third kappa shape index (κ3) is 2.96. The van der Waals surface area contributed by atoms with Crippen molar-refractivity contribution in [3.8, 4) is 0 Å². The fourth-order valence-corrected chi connectivity index (χ4v) is 4.91. The summed E-state index contributed by atoms with van der Waals surface area (Å²) < 4.78 is 0. The maximum absolute atomic E-state index is 13.3. The molecule has 0 amide bonds. The van der Waals surface area contributed by atoms with Gasteiger partial charge >= 0.3 is 0 Å². The predicted octanol–water partition coefficient (Wildman–Crippen LogP) is 5.73. The normalized spacial score (nSPS) is 21.6. The van der Waals surface area contributed by atoms with Gasteiger partial charge in [-0.25, -0.2) is 0 Å². The highest BCUT2D eigenvalue weighted by Crippen LogP contribution is 2.44. The second-order valence-corrected chi connectivity index (χ2v) is 8.07. The number of carbonyl (C=O) groups excluding carboxylic acids is 1. The number of Topliss-reactive ketones (excluding diaryl/α,β-unsaturated/α-hetero) is 1. The first kappa shape index (κ1) is 16.3. The molecule has 4 heteroatoms. The number of anilines is 2. The molecule has 2 atom stereocenters. The summed E-state index contributed by atoms with van der Waals surface area (Å²) in [6.07, 6.45) is 1.41. The highest BCUT2D eigenvalue weighted by atomic mass is 32.1. The summed E-state index contributed by atoms with van der Waals surface area (Å²) in [7, 11) is 0. The number of hydrogen-bond donors (Lipinski definition) is 2. The predicted molar refractivity (Wildman–Crippen MR) is 111 cm³/mol. The first-order valence-corrected chi connectivity index (χ1v) is 10.1. The molecule has 0 saturated heterocycles. The molecular formula is C23H20N2OS. The number of fused-ring (bicyclic) bond motifs is 1. The molecule has 27 heavy (non-hydrogen) atoms. The first-order valence-electron chi connectivity index (χ1n) is 9.27. The number of allylic oxidation sites excluding steroid dienone is 1. The van der Waals surface area contributed by atoms with Crippen LogP contribution in [0, 0.1) is 0 Å². The smallest absolute Gasteiger partial charge is 0.163 e. The Morgan fingerprint density at radius 2 is 1.63 bits per heavy atom. The molecule has 1 aliphatic carbocycles. The van der Waals surface area contributed by atoms with Crippen molar-refractivity contribution in [2.45, 2.75) is 24.8 Å². The highest BCUT2D eigenvalue weighted by Gasteiger charge is 2.36. The minimum Gasteiger partial charge on any atom is -0.372 e. The standard InChI is InChI=1S/C23H20N2OS/c26-20-14-16(15-7-2-1-3-8-15)13-19-22(20)23(21-11-6-12-27-21)25-18-10-5-4-9-17(18)24-19/h1-12,16,23-25H,13-14H2. The zero-order chi connectivity index (χ0) is 18.2. The van der Waals surface area contributed by atoms with Crippen LogP contribution in [0.5, 0.6) is 0 Å². The van der Waals surface area contributed by atoms with Crippen molar-refractivity contribution >= 4 is 28.5 Å². The van der Waals surface area contributed by atoms with Gasteiger partial charge in [-0.3, -0.25) is 4.79 Å². The maximum Gasteiger partial charge on any atom is 0.163 e. The molecule has 2 N–H and O–H groups in total. The van der Waals surface area contributed by atoms with Gasteiger partial charge in [0, 0.05) is 22.6 Å². The van der Waals surface area contributed by atoms with E-state index < -0.39 is 0 Å². The van der Waals surface area contributed by atoms with Crippen LogP contribution in [-0.4, -0.2) is 5.78 Å². The minimum absolute atomic E-state index is 0.0969. The molecular weight excluding hydrogens is 352 g/mol. The molecule has 2 unspecified atom stereocenters. The Morgan fingerprint density at radius 1 is 0.852 bits per heavy atom. The van der Waals surface area contributed by atoms with Crippen molar-refractivity contribution in [2.24, 2.45) is 0 Å². The largest absolute Gasteiger partial charge is 0.372 e. The zero-order valence-corrected chi connectivity index (χ0v) is 15.6. The van der Waals surface area contributed by atoms with Crippen LogP contribution in [0.3, 0.4) is 0 Å². The Kier molecular flexibility index (Phi) is 4.06. The van der Waals surface area contributed by atoms with Crippen molar-refractivity contribution in [1.82, 2.24) is 0 Å². The lowest BCUT2D eigenvalue weighted by Gasteiger charge is -2.29. The van der Waals surface area contributed by atoms with Crippen LogP contribution >= 0.6 is 11.3 Å². The Balaban J connectivity index is 1.61. The van der Waals surface area contributed by atoms with Crippen LogP contribution in [0.15, 0.2) is 83.4 Å². The van der Waals surface area contributed by atoms with Crippen LogP contribution in [0.4, 0.5) is 11.4 Å². The van der Waals surface area contributed by atoms with E-state index in [1.807, 2.05) is 24.3 Å². The quantitative estimate of drug-likeness (QED) is 0.604. The number of carbonyl (C=O) groups is 1. The number of benzene rings is 2. The van der Waals surface area contributed by atoms with Gasteiger partial charge in [0.05, 0.1) is 17.4 Å². The number of para-hydroxylation sites is 2. The average molecular weight is 372 g/mol. The van der Waals surface area contributed by atoms with Crippen molar-refractivity contribution in [1.29, 1.82) is 0 Å². The van der Waals surface area contributed by atoms with Crippen molar-refractivity contribution in [3.63, 3.8) is 0 Å². The summed E-state index contributed by atoms with van der Waals surface area (Å²) >= 11 is 1.69. The molecule has 2 heterocycles. The monoisotopic (exact) mass is 372 g/mol. The van der Waals surface area contributed by atoms with Crippen LogP contribution in [0.2, 0.25) is 0 Å². The lowest BCUT2D eigenvalue weighted by atomic mass is 9.79. The number of rotatable bonds is 2. The number of ketones is 1. The molecule has 3 aromatic rings. The molecule has 5 rings (SSSR count). The van der Waals surface area contributed by atoms with Gasteiger partial charge < -0.3 is 10.6 Å². The molecule has 0 fully saturated rings. The second-order valence-electron chi connectivity index (χ2n) is 7.09. The average Bonchev–Trinajstić information content (AvgIpc) is 3.17. The van der Waals surface area contributed by atoms with Crippen LogP contribution in [0.25, 0.3) is 0 Å². The summed E-state index contributed by atoms with van der Waals surface area (Å²) in [5, 5.41) is 9.27. The van der Waals surface area contributed by atoms with E-state index in [1.165, 1.54) is 10.4 Å². The van der Waals surface area contributed by atoms with E-state index in [0.29, 0.717) is 6.42 Å². The van der Waals surface area contributed by atoms with Crippen molar-refractivity contribution < 1.29 is 4.79 Å². The topological polar surface area (TPSA) is 41.1 Å². The molecule has 134 valence electrons. The number of nitrogens with one attached hydrogen (secondary N) is 2. The maximum atomic E-state index is 13.3. The summed E-state index contributed by atoms with van der Waals surface area (Å²) in [4.78, 5) is 14.5. The van der Waals surface area contributed by atoms with E-state index in [0.717, 1.165) is 29.1 Å². The van der Waals surface area contributed by atoms with Gasteiger partial charge in [-0.2, -0.15) is 0 Å². The summed E-state index contributed by atoms with van der Waals surface area (Å²) in [6, 6.07) is 22.6. The fourth-order valence-electron chi connectivity index (χ4n) is 4.12. The van der Waals surface area contributed by atoms with E-state index in [-0.39, 0.29) is 17.7 Å². The Labute approximate surface area is 162 Å². The van der Waals surface area contributed by atoms with Gasteiger partial charge in [-0.1, -0.05) is 48.5 Å². The van der Waals surface area contributed by atoms with Crippen LogP contribution < -0.4 is 10.6 Å². The molecule has 2 aliphatic rings. The lowest BCUT2D eigenvalue weighted by molar-refractivity contribution is -0.116. The van der Waals surface area contributed by atoms with Gasteiger partial charge in [-0.15, -0.1) is 11.3 Å². The number of hydrogen-bond acceptors (Lipinski definition) is 4. The molecule has 1 aliphatic heterocycles. The van der Waals surface area contributed by atoms with Gasteiger partial charge in [0.1, 0.15) is 0 Å². The molecule has 0 spiro atoms. The second kappa shape index (κ2) is 6.71. The zero-order valence-electron chi connectivity index (χ0n) is 14.8. The molecule has 1 aromatic heterocycles. The molecule has 0 saturated carbocycles. The van der Waals surface area contributed by atoms with E-state index in [2.05, 4.69) is 58.5 Å². The lowest BCUT2D eigenvalue weighted by Crippen LogP contribution is -2.26. The van der Waals surface area contributed by atoms with E-state index >= 15 is 0 Å². The third-order valence-electron chi connectivity index (χ3n) is 5.41. The van der Waals surface area contributed by atoms with Gasteiger partial charge in [0.25, 0.3) is 0 Å². The summed E-state index contributed by atoms with van der Waals surface area (Å²) in [6.45, 7) is 0. The number of thiophene rings is 1. The van der Waals surface area contributed by atoms with Gasteiger partial charge in [0.2, 0.25) is 0 Å². The summed E-state index contributed by atoms with van der Waals surface area (Å²) in [5.74, 6) is 0.454. The summed E-state index contributed by atoms with van der Waals surface area (Å²) in [5.41, 5.74) is 5.24. The molecule has 0 bridgehead atoms. The highest BCUT2D eigenvalue weighted by molar-refractivity contribution is 7.10. The SMILES string of the molecule is O=C1CC(c2ccccc2)CC2=C1C(c1cccs1)Nc1ccccc1N2. The van der Waals surface area contributed by atoms with Crippen LogP contribution in [-0.2, 0) is 4.79 Å². The van der Waals surface area contributed by atoms with Crippen LogP contribution in [0.1, 0.15) is 35.2 Å². The molecule has 2 aromatic carbocycles. The van der Waals surface area contributed by atoms with Gasteiger partial charge in [0.15, 0.2) is 5.78 Å². The third-order valence-corrected chi connectivity index (χ3v) is 6.34. The van der Waals surface area contributed by atoms with Crippen molar-refractivity contribution in [2.75, 3.05) is 10.6 Å². The first-order chi connectivity index (χ1) is 13.3. The van der Waals surface area contributed by atoms with E-state index in [9.17, 15) is 4.79 Å². The Hall–Kier alpha value is -2.85. The molecule has 3 nitrogen and oxygen atoms in total. The minimum atomic E-state index is -0.0969.